The largest absolute Gasteiger partial charge is 0.338 e. The van der Waals surface area contributed by atoms with E-state index in [1.807, 2.05) is 53.6 Å². The number of aromatic nitrogens is 3. The first-order valence-corrected chi connectivity index (χ1v) is 10.4. The van der Waals surface area contributed by atoms with Gasteiger partial charge in [0.1, 0.15) is 5.65 Å². The SMILES string of the molecule is Cc1ccc2ncc(-c3cccc(C4CCCN(C(=O)c5ccccc5)C4)n3)n2c1. The summed E-state index contributed by atoms with van der Waals surface area (Å²) < 4.78 is 2.09. The first-order valence-electron chi connectivity index (χ1n) is 10.4. The smallest absolute Gasteiger partial charge is 0.253 e. The Balaban J connectivity index is 1.42. The number of nitrogens with zero attached hydrogens (tertiary/aromatic N) is 4. The zero-order valence-electron chi connectivity index (χ0n) is 17.0. The number of rotatable bonds is 3. The summed E-state index contributed by atoms with van der Waals surface area (Å²) in [6.45, 7) is 3.58. The molecule has 1 saturated heterocycles. The first kappa shape index (κ1) is 18.6. The molecule has 30 heavy (non-hydrogen) atoms. The van der Waals surface area contributed by atoms with E-state index in [9.17, 15) is 4.79 Å². The predicted molar refractivity (Wildman–Crippen MR) is 117 cm³/mol. The van der Waals surface area contributed by atoms with E-state index in [-0.39, 0.29) is 11.8 Å². The van der Waals surface area contributed by atoms with Crippen LogP contribution in [-0.4, -0.2) is 38.3 Å². The Bertz CT molecular complexity index is 1200. The summed E-state index contributed by atoms with van der Waals surface area (Å²) in [6.07, 6.45) is 6.01. The molecule has 0 N–H and O–H groups in total. The maximum absolute atomic E-state index is 12.9. The standard InChI is InChI=1S/C25H24N4O/c1-18-12-13-24-26-15-23(29(24)16-18)22-11-5-10-21(27-22)20-9-6-14-28(17-20)25(30)19-7-3-2-4-8-19/h2-5,7-8,10-13,15-16,20H,6,9,14,17H2,1H3. The van der Waals surface area contributed by atoms with Gasteiger partial charge >= 0.3 is 0 Å². The monoisotopic (exact) mass is 396 g/mol. The minimum Gasteiger partial charge on any atom is -0.338 e. The van der Waals surface area contributed by atoms with Crippen LogP contribution in [0.2, 0.25) is 0 Å². The lowest BCUT2D eigenvalue weighted by molar-refractivity contribution is 0.0706. The van der Waals surface area contributed by atoms with Gasteiger partial charge in [0.05, 0.1) is 17.6 Å². The van der Waals surface area contributed by atoms with Crippen molar-refractivity contribution in [2.75, 3.05) is 13.1 Å². The number of fused-ring (bicyclic) bond motifs is 1. The van der Waals surface area contributed by atoms with E-state index in [1.54, 1.807) is 0 Å². The van der Waals surface area contributed by atoms with Gasteiger partial charge in [-0.3, -0.25) is 14.2 Å². The molecule has 0 radical (unpaired) electrons. The Hall–Kier alpha value is -3.47. The minimum absolute atomic E-state index is 0.105. The van der Waals surface area contributed by atoms with Crippen LogP contribution in [0.25, 0.3) is 17.0 Å². The van der Waals surface area contributed by atoms with Crippen LogP contribution in [0.4, 0.5) is 0 Å². The molecule has 0 spiro atoms. The third kappa shape index (κ3) is 3.47. The third-order valence-corrected chi connectivity index (χ3v) is 5.83. The number of likely N-dealkylation sites (tertiary alicyclic amines) is 1. The lowest BCUT2D eigenvalue weighted by atomic mass is 9.93. The topological polar surface area (TPSA) is 50.5 Å². The van der Waals surface area contributed by atoms with Crippen molar-refractivity contribution in [3.63, 3.8) is 0 Å². The van der Waals surface area contributed by atoms with Gasteiger partial charge in [0.2, 0.25) is 0 Å². The summed E-state index contributed by atoms with van der Waals surface area (Å²) in [5.74, 6) is 0.348. The molecule has 1 amide bonds. The van der Waals surface area contributed by atoms with Gasteiger partial charge in [-0.05, 0) is 55.7 Å². The van der Waals surface area contributed by atoms with Crippen LogP contribution in [0, 0.1) is 6.92 Å². The molecular formula is C25H24N4O. The first-order chi connectivity index (χ1) is 14.7. The van der Waals surface area contributed by atoms with Crippen molar-refractivity contribution in [2.45, 2.75) is 25.7 Å². The Morgan fingerprint density at radius 1 is 1.03 bits per heavy atom. The van der Waals surface area contributed by atoms with E-state index in [2.05, 4.69) is 40.7 Å². The van der Waals surface area contributed by atoms with Crippen LogP contribution >= 0.6 is 0 Å². The van der Waals surface area contributed by atoms with Gasteiger partial charge in [0, 0.05) is 36.5 Å². The molecule has 0 bridgehead atoms. The van der Waals surface area contributed by atoms with Crippen molar-refractivity contribution < 1.29 is 4.79 Å². The van der Waals surface area contributed by atoms with Gasteiger partial charge in [-0.2, -0.15) is 0 Å². The molecule has 3 aromatic heterocycles. The molecule has 5 heteroatoms. The number of aryl methyl sites for hydroxylation is 1. The number of hydrogen-bond acceptors (Lipinski definition) is 3. The van der Waals surface area contributed by atoms with Crippen LogP contribution < -0.4 is 0 Å². The molecule has 150 valence electrons. The molecule has 5 nitrogen and oxygen atoms in total. The van der Waals surface area contributed by atoms with E-state index in [1.165, 1.54) is 5.56 Å². The predicted octanol–water partition coefficient (Wildman–Crippen LogP) is 4.72. The summed E-state index contributed by atoms with van der Waals surface area (Å²) in [7, 11) is 0. The summed E-state index contributed by atoms with van der Waals surface area (Å²) in [6, 6.07) is 19.8. The third-order valence-electron chi connectivity index (χ3n) is 5.83. The molecule has 1 aromatic carbocycles. The minimum atomic E-state index is 0.105. The number of piperidine rings is 1. The van der Waals surface area contributed by atoms with Gasteiger partial charge in [-0.25, -0.2) is 4.98 Å². The summed E-state index contributed by atoms with van der Waals surface area (Å²) in [5, 5.41) is 0. The summed E-state index contributed by atoms with van der Waals surface area (Å²) in [5.41, 5.74) is 5.79. The molecule has 1 unspecified atom stereocenters. The van der Waals surface area contributed by atoms with Gasteiger partial charge in [0.25, 0.3) is 5.91 Å². The Kier molecular flexibility index (Phi) is 4.79. The van der Waals surface area contributed by atoms with E-state index in [4.69, 9.17) is 4.98 Å². The second-order valence-electron chi connectivity index (χ2n) is 7.98. The number of benzene rings is 1. The number of imidazole rings is 1. The molecule has 1 aliphatic rings. The lowest BCUT2D eigenvalue weighted by Crippen LogP contribution is -2.39. The van der Waals surface area contributed by atoms with E-state index < -0.39 is 0 Å². The van der Waals surface area contributed by atoms with Crippen LogP contribution in [0.5, 0.6) is 0 Å². The highest BCUT2D eigenvalue weighted by Crippen LogP contribution is 2.29. The van der Waals surface area contributed by atoms with E-state index in [0.29, 0.717) is 6.54 Å². The summed E-state index contributed by atoms with van der Waals surface area (Å²) in [4.78, 5) is 24.4. The van der Waals surface area contributed by atoms with Crippen molar-refractivity contribution in [2.24, 2.45) is 0 Å². The fourth-order valence-corrected chi connectivity index (χ4v) is 4.26. The highest BCUT2D eigenvalue weighted by atomic mass is 16.2. The molecule has 4 heterocycles. The average Bonchev–Trinajstić information content (AvgIpc) is 3.22. The number of carbonyl (C=O) groups excluding carboxylic acids is 1. The number of hydrogen-bond donors (Lipinski definition) is 0. The van der Waals surface area contributed by atoms with Gasteiger partial charge in [-0.15, -0.1) is 0 Å². The lowest BCUT2D eigenvalue weighted by Gasteiger charge is -2.32. The second-order valence-corrected chi connectivity index (χ2v) is 7.98. The molecule has 0 aliphatic carbocycles. The molecule has 1 fully saturated rings. The van der Waals surface area contributed by atoms with Crippen LogP contribution in [0.1, 0.15) is 40.4 Å². The van der Waals surface area contributed by atoms with Crippen LogP contribution in [-0.2, 0) is 0 Å². The van der Waals surface area contributed by atoms with Crippen molar-refractivity contribution in [3.8, 4) is 11.4 Å². The highest BCUT2D eigenvalue weighted by Gasteiger charge is 2.26. The molecule has 5 rings (SSSR count). The van der Waals surface area contributed by atoms with Gasteiger partial charge in [0.15, 0.2) is 0 Å². The number of amides is 1. The molecular weight excluding hydrogens is 372 g/mol. The number of carbonyl (C=O) groups is 1. The molecule has 4 aromatic rings. The van der Waals surface area contributed by atoms with E-state index >= 15 is 0 Å². The Morgan fingerprint density at radius 2 is 1.90 bits per heavy atom. The van der Waals surface area contributed by atoms with Crippen LogP contribution in [0.15, 0.2) is 73.1 Å². The van der Waals surface area contributed by atoms with Crippen LogP contribution in [0.3, 0.4) is 0 Å². The highest BCUT2D eigenvalue weighted by molar-refractivity contribution is 5.94. The van der Waals surface area contributed by atoms with Crippen molar-refractivity contribution in [1.82, 2.24) is 19.3 Å². The fraction of sp³-hybridized carbons (Fsp3) is 0.240. The van der Waals surface area contributed by atoms with E-state index in [0.717, 1.165) is 47.7 Å². The molecule has 0 saturated carbocycles. The second kappa shape index (κ2) is 7.75. The van der Waals surface area contributed by atoms with Gasteiger partial charge < -0.3 is 4.90 Å². The van der Waals surface area contributed by atoms with Crippen molar-refractivity contribution >= 4 is 11.6 Å². The Morgan fingerprint density at radius 3 is 2.77 bits per heavy atom. The van der Waals surface area contributed by atoms with Crippen molar-refractivity contribution in [3.05, 3.63) is 89.9 Å². The average molecular weight is 396 g/mol. The molecule has 1 aliphatic heterocycles. The quantitative estimate of drug-likeness (QED) is 0.503. The van der Waals surface area contributed by atoms with Crippen molar-refractivity contribution in [1.29, 1.82) is 0 Å². The maximum atomic E-state index is 12.9. The maximum Gasteiger partial charge on any atom is 0.253 e. The normalized spacial score (nSPS) is 16.7. The summed E-state index contributed by atoms with van der Waals surface area (Å²) >= 11 is 0. The number of pyridine rings is 2. The van der Waals surface area contributed by atoms with Gasteiger partial charge in [-0.1, -0.05) is 30.3 Å². The molecule has 1 atom stereocenters. The zero-order chi connectivity index (χ0) is 20.5. The fourth-order valence-electron chi connectivity index (χ4n) is 4.26. The zero-order valence-corrected chi connectivity index (χ0v) is 17.0. The Labute approximate surface area is 176 Å².